The zero-order valence-electron chi connectivity index (χ0n) is 15.3. The van der Waals surface area contributed by atoms with Crippen LogP contribution in [0.1, 0.15) is 45.6 Å². The molecule has 24 heavy (non-hydrogen) atoms. The van der Waals surface area contributed by atoms with Gasteiger partial charge in [0.25, 0.3) is 0 Å². The fourth-order valence-corrected chi connectivity index (χ4v) is 2.02. The van der Waals surface area contributed by atoms with E-state index in [4.69, 9.17) is 9.47 Å². The van der Waals surface area contributed by atoms with E-state index in [0.29, 0.717) is 19.0 Å². The van der Waals surface area contributed by atoms with E-state index < -0.39 is 0 Å². The van der Waals surface area contributed by atoms with Gasteiger partial charge in [0.2, 0.25) is 5.88 Å². The normalized spacial score (nSPS) is 11.4. The molecule has 1 aromatic heterocycles. The van der Waals surface area contributed by atoms with Gasteiger partial charge in [-0.05, 0) is 32.8 Å². The summed E-state index contributed by atoms with van der Waals surface area (Å²) in [5, 5.41) is 6.57. The molecule has 0 aliphatic rings. The number of aliphatic imine (C=N–C) groups is 1. The van der Waals surface area contributed by atoms with Crippen LogP contribution in [0.25, 0.3) is 0 Å². The van der Waals surface area contributed by atoms with Crippen LogP contribution < -0.4 is 15.4 Å². The fraction of sp³-hybridized carbons (Fsp3) is 0.667. The summed E-state index contributed by atoms with van der Waals surface area (Å²) in [5.74, 6) is 1.49. The van der Waals surface area contributed by atoms with Gasteiger partial charge in [-0.25, -0.2) is 9.98 Å². The van der Waals surface area contributed by atoms with Gasteiger partial charge >= 0.3 is 0 Å². The van der Waals surface area contributed by atoms with Crippen molar-refractivity contribution in [3.8, 4) is 5.88 Å². The molecule has 0 aliphatic carbocycles. The summed E-state index contributed by atoms with van der Waals surface area (Å²) >= 11 is 0. The third-order valence-corrected chi connectivity index (χ3v) is 3.30. The predicted molar refractivity (Wildman–Crippen MR) is 98.6 cm³/mol. The number of guanidine groups is 1. The van der Waals surface area contributed by atoms with E-state index in [2.05, 4.69) is 34.5 Å². The minimum atomic E-state index is 0.538. The molecule has 2 N–H and O–H groups in total. The molecule has 0 unspecified atom stereocenters. The Bertz CT molecular complexity index is 466. The number of hydrogen-bond acceptors (Lipinski definition) is 4. The highest BCUT2D eigenvalue weighted by Crippen LogP contribution is 2.15. The molecule has 0 amide bonds. The SMILES string of the molecule is CCCCOc1ncccc1CN=C(NCC)NCCCOCC. The molecule has 0 spiro atoms. The Morgan fingerprint density at radius 2 is 2.04 bits per heavy atom. The second-order valence-electron chi connectivity index (χ2n) is 5.34. The highest BCUT2D eigenvalue weighted by atomic mass is 16.5. The number of nitrogens with one attached hydrogen (secondary N) is 2. The Kier molecular flexibility index (Phi) is 11.5. The van der Waals surface area contributed by atoms with E-state index in [0.717, 1.165) is 57.1 Å². The van der Waals surface area contributed by atoms with E-state index in [-0.39, 0.29) is 0 Å². The van der Waals surface area contributed by atoms with Crippen molar-refractivity contribution in [2.24, 2.45) is 4.99 Å². The summed E-state index contributed by atoms with van der Waals surface area (Å²) in [6.45, 7) is 10.6. The van der Waals surface area contributed by atoms with Crippen LogP contribution in [0.15, 0.2) is 23.3 Å². The van der Waals surface area contributed by atoms with Crippen molar-refractivity contribution in [3.05, 3.63) is 23.9 Å². The molecule has 0 radical (unpaired) electrons. The molecule has 0 aromatic carbocycles. The van der Waals surface area contributed by atoms with E-state index >= 15 is 0 Å². The highest BCUT2D eigenvalue weighted by molar-refractivity contribution is 5.79. The Morgan fingerprint density at radius 3 is 2.79 bits per heavy atom. The third-order valence-electron chi connectivity index (χ3n) is 3.30. The molecule has 6 nitrogen and oxygen atoms in total. The quantitative estimate of drug-likeness (QED) is 0.349. The van der Waals surface area contributed by atoms with Gasteiger partial charge in [-0.3, -0.25) is 0 Å². The molecule has 6 heteroatoms. The van der Waals surface area contributed by atoms with Crippen LogP contribution in [0.5, 0.6) is 5.88 Å². The summed E-state index contributed by atoms with van der Waals surface area (Å²) in [7, 11) is 0. The molecule has 0 aliphatic heterocycles. The lowest BCUT2D eigenvalue weighted by atomic mass is 10.2. The molecule has 0 fully saturated rings. The average molecular weight is 336 g/mol. The van der Waals surface area contributed by atoms with E-state index in [1.807, 2.05) is 19.1 Å². The lowest BCUT2D eigenvalue weighted by molar-refractivity contribution is 0.145. The van der Waals surface area contributed by atoms with Crippen molar-refractivity contribution >= 4 is 5.96 Å². The first-order chi connectivity index (χ1) is 11.8. The van der Waals surface area contributed by atoms with Crippen LogP contribution in [0, 0.1) is 0 Å². The number of ether oxygens (including phenoxy) is 2. The number of aromatic nitrogens is 1. The average Bonchev–Trinajstić information content (AvgIpc) is 2.60. The molecule has 0 atom stereocenters. The smallest absolute Gasteiger partial charge is 0.218 e. The number of nitrogens with zero attached hydrogens (tertiary/aromatic N) is 2. The van der Waals surface area contributed by atoms with Crippen LogP contribution in [0.4, 0.5) is 0 Å². The Labute approximate surface area is 146 Å². The maximum absolute atomic E-state index is 5.76. The maximum Gasteiger partial charge on any atom is 0.218 e. The van der Waals surface area contributed by atoms with Crippen molar-refractivity contribution < 1.29 is 9.47 Å². The number of hydrogen-bond donors (Lipinski definition) is 2. The molecule has 136 valence electrons. The van der Waals surface area contributed by atoms with Gasteiger partial charge < -0.3 is 20.1 Å². The zero-order valence-corrected chi connectivity index (χ0v) is 15.3. The van der Waals surface area contributed by atoms with Crippen molar-refractivity contribution in [1.29, 1.82) is 0 Å². The van der Waals surface area contributed by atoms with Crippen LogP contribution in [-0.2, 0) is 11.3 Å². The number of pyridine rings is 1. The minimum Gasteiger partial charge on any atom is -0.477 e. The van der Waals surface area contributed by atoms with Crippen LogP contribution in [0.3, 0.4) is 0 Å². The van der Waals surface area contributed by atoms with Crippen molar-refractivity contribution in [1.82, 2.24) is 15.6 Å². The first-order valence-corrected chi connectivity index (χ1v) is 8.98. The standard InChI is InChI=1S/C18H32N4O2/c1-4-7-14-24-17-16(10-8-11-20-17)15-22-18(19-5-2)21-12-9-13-23-6-3/h8,10-11H,4-7,9,12-15H2,1-3H3,(H2,19,21,22). The van der Waals surface area contributed by atoms with Crippen molar-refractivity contribution in [3.63, 3.8) is 0 Å². The Balaban J connectivity index is 2.55. The van der Waals surface area contributed by atoms with E-state index in [9.17, 15) is 0 Å². The summed E-state index contributed by atoms with van der Waals surface area (Å²) in [6.07, 6.45) is 4.85. The summed E-state index contributed by atoms with van der Waals surface area (Å²) in [5.41, 5.74) is 1.00. The maximum atomic E-state index is 5.76. The summed E-state index contributed by atoms with van der Waals surface area (Å²) in [6, 6.07) is 3.93. The minimum absolute atomic E-state index is 0.538. The lowest BCUT2D eigenvalue weighted by Crippen LogP contribution is -2.38. The third kappa shape index (κ3) is 8.72. The van der Waals surface area contributed by atoms with Crippen molar-refractivity contribution in [2.45, 2.75) is 46.6 Å². The molecule has 0 saturated carbocycles. The monoisotopic (exact) mass is 336 g/mol. The largest absolute Gasteiger partial charge is 0.477 e. The van der Waals surface area contributed by atoms with Crippen LogP contribution >= 0.6 is 0 Å². The molecule has 0 saturated heterocycles. The van der Waals surface area contributed by atoms with E-state index in [1.54, 1.807) is 6.20 Å². The lowest BCUT2D eigenvalue weighted by Gasteiger charge is -2.12. The van der Waals surface area contributed by atoms with Gasteiger partial charge in [0.15, 0.2) is 5.96 Å². The number of unbranched alkanes of at least 4 members (excludes halogenated alkanes) is 1. The van der Waals surface area contributed by atoms with Gasteiger partial charge in [-0.1, -0.05) is 19.4 Å². The second kappa shape index (κ2) is 13.6. The predicted octanol–water partition coefficient (Wildman–Crippen LogP) is 2.74. The van der Waals surface area contributed by atoms with E-state index in [1.165, 1.54) is 0 Å². The Morgan fingerprint density at radius 1 is 1.17 bits per heavy atom. The molecule has 1 rings (SSSR count). The molecule has 1 heterocycles. The molecular weight excluding hydrogens is 304 g/mol. The van der Waals surface area contributed by atoms with Crippen LogP contribution in [-0.4, -0.2) is 43.9 Å². The molecular formula is C18H32N4O2. The Hall–Kier alpha value is -1.82. The zero-order chi connectivity index (χ0) is 17.5. The molecule has 0 bridgehead atoms. The number of rotatable bonds is 12. The van der Waals surface area contributed by atoms with Gasteiger partial charge in [-0.15, -0.1) is 0 Å². The summed E-state index contributed by atoms with van der Waals surface area (Å²) in [4.78, 5) is 8.95. The fourth-order valence-electron chi connectivity index (χ4n) is 2.02. The first-order valence-electron chi connectivity index (χ1n) is 8.98. The van der Waals surface area contributed by atoms with Crippen molar-refractivity contribution in [2.75, 3.05) is 32.9 Å². The second-order valence-corrected chi connectivity index (χ2v) is 5.34. The van der Waals surface area contributed by atoms with Gasteiger partial charge in [0.1, 0.15) is 0 Å². The van der Waals surface area contributed by atoms with Gasteiger partial charge in [0.05, 0.1) is 13.2 Å². The topological polar surface area (TPSA) is 67.8 Å². The summed E-state index contributed by atoms with van der Waals surface area (Å²) < 4.78 is 11.1. The molecule has 1 aromatic rings. The van der Waals surface area contributed by atoms with Crippen LogP contribution in [0.2, 0.25) is 0 Å². The van der Waals surface area contributed by atoms with Gasteiger partial charge in [0, 0.05) is 38.1 Å². The first kappa shape index (κ1) is 20.2. The van der Waals surface area contributed by atoms with Gasteiger partial charge in [-0.2, -0.15) is 0 Å². The highest BCUT2D eigenvalue weighted by Gasteiger charge is 2.05.